The van der Waals surface area contributed by atoms with Crippen molar-refractivity contribution in [3.8, 4) is 23.7 Å². The van der Waals surface area contributed by atoms with Gasteiger partial charge in [0.25, 0.3) is 0 Å². The smallest absolute Gasteiger partial charge is 0.171 e. The van der Waals surface area contributed by atoms with Crippen molar-refractivity contribution in [2.24, 2.45) is 0 Å². The first-order valence-electron chi connectivity index (χ1n) is 9.61. The summed E-state index contributed by atoms with van der Waals surface area (Å²) in [7, 11) is 0. The van der Waals surface area contributed by atoms with Crippen LogP contribution in [0.1, 0.15) is 49.7 Å². The molecule has 0 aliphatic heterocycles. The number of nitrogens with zero attached hydrogens (tertiary/aromatic N) is 2. The molecule has 2 heteroatoms. The number of pyridine rings is 2. The molecule has 0 radical (unpaired) electrons. The zero-order chi connectivity index (χ0) is 18.5. The molecule has 2 aromatic rings. The molecule has 0 unspecified atom stereocenters. The van der Waals surface area contributed by atoms with Crippen molar-refractivity contribution < 1.29 is 9.13 Å². The van der Waals surface area contributed by atoms with E-state index in [9.17, 15) is 0 Å². The van der Waals surface area contributed by atoms with Crippen LogP contribution in [0, 0.1) is 37.5 Å². The third kappa shape index (κ3) is 8.50. The molecular formula is C24H30N2+2. The first kappa shape index (κ1) is 19.7. The van der Waals surface area contributed by atoms with Crippen LogP contribution >= 0.6 is 0 Å². The number of rotatable bonds is 8. The summed E-state index contributed by atoms with van der Waals surface area (Å²) in [5.74, 6) is 12.3. The Balaban J connectivity index is 1.51. The van der Waals surface area contributed by atoms with Crippen molar-refractivity contribution in [1.82, 2.24) is 0 Å². The minimum atomic E-state index is 0.936. The van der Waals surface area contributed by atoms with Gasteiger partial charge in [0, 0.05) is 48.9 Å². The van der Waals surface area contributed by atoms with Crippen LogP contribution in [0.4, 0.5) is 0 Å². The van der Waals surface area contributed by atoms with Gasteiger partial charge in [0.05, 0.1) is 0 Å². The van der Waals surface area contributed by atoms with E-state index >= 15 is 0 Å². The average Bonchev–Trinajstić information content (AvgIpc) is 2.63. The quantitative estimate of drug-likeness (QED) is 0.389. The summed E-state index contributed by atoms with van der Waals surface area (Å²) in [6, 6.07) is 8.46. The van der Waals surface area contributed by atoms with Gasteiger partial charge in [0.1, 0.15) is 13.1 Å². The maximum Gasteiger partial charge on any atom is 0.171 e. The monoisotopic (exact) mass is 346 g/mol. The Kier molecular flexibility index (Phi) is 9.02. The lowest BCUT2D eigenvalue weighted by molar-refractivity contribution is -0.697. The molecule has 0 saturated carbocycles. The van der Waals surface area contributed by atoms with Crippen molar-refractivity contribution >= 4 is 0 Å². The van der Waals surface area contributed by atoms with E-state index in [4.69, 9.17) is 0 Å². The summed E-state index contributed by atoms with van der Waals surface area (Å²) in [6.45, 7) is 6.38. The van der Waals surface area contributed by atoms with Crippen molar-refractivity contribution in [2.75, 3.05) is 0 Å². The number of hydrogen-bond acceptors (Lipinski definition) is 0. The van der Waals surface area contributed by atoms with E-state index in [2.05, 4.69) is 95.7 Å². The van der Waals surface area contributed by atoms with Crippen molar-refractivity contribution in [1.29, 1.82) is 0 Å². The summed E-state index contributed by atoms with van der Waals surface area (Å²) >= 11 is 0. The summed E-state index contributed by atoms with van der Waals surface area (Å²) in [5.41, 5.74) is 2.61. The molecule has 2 heterocycles. The fourth-order valence-corrected chi connectivity index (χ4v) is 2.81. The Morgan fingerprint density at radius 3 is 1.58 bits per heavy atom. The Bertz CT molecular complexity index is 730. The third-order valence-electron chi connectivity index (χ3n) is 4.19. The molecule has 0 N–H and O–H groups in total. The highest BCUT2D eigenvalue weighted by Gasteiger charge is 1.99. The maximum atomic E-state index is 3.17. The number of hydrogen-bond donors (Lipinski definition) is 0. The molecule has 0 amide bonds. The van der Waals surface area contributed by atoms with E-state index in [1.165, 1.54) is 11.1 Å². The second kappa shape index (κ2) is 11.9. The van der Waals surface area contributed by atoms with E-state index in [-0.39, 0.29) is 0 Å². The summed E-state index contributed by atoms with van der Waals surface area (Å²) in [4.78, 5) is 0. The van der Waals surface area contributed by atoms with Gasteiger partial charge in [-0.3, -0.25) is 0 Å². The topological polar surface area (TPSA) is 7.76 Å². The Labute approximate surface area is 158 Å². The highest BCUT2D eigenvalue weighted by Crippen LogP contribution is 1.96. The number of unbranched alkanes of at least 4 members (excludes halogenated alkanes) is 4. The van der Waals surface area contributed by atoms with Gasteiger partial charge < -0.3 is 0 Å². The van der Waals surface area contributed by atoms with Crippen LogP contribution in [0.15, 0.2) is 49.1 Å². The fourth-order valence-electron chi connectivity index (χ4n) is 2.81. The molecule has 0 aliphatic rings. The summed E-state index contributed by atoms with van der Waals surface area (Å²) in [5, 5.41) is 0. The van der Waals surface area contributed by atoms with Gasteiger partial charge in [-0.2, -0.15) is 0 Å². The first-order valence-corrected chi connectivity index (χ1v) is 9.61. The largest absolute Gasteiger partial charge is 0.205 e. The lowest BCUT2D eigenvalue weighted by Crippen LogP contribution is -2.32. The van der Waals surface area contributed by atoms with Crippen LogP contribution in [0.25, 0.3) is 0 Å². The van der Waals surface area contributed by atoms with E-state index in [0.29, 0.717) is 0 Å². The normalized spacial score (nSPS) is 9.77. The molecule has 0 saturated heterocycles. The number of aromatic nitrogens is 2. The van der Waals surface area contributed by atoms with Gasteiger partial charge in [-0.15, -0.1) is 0 Å². The molecule has 2 nitrogen and oxygen atoms in total. The van der Waals surface area contributed by atoms with Gasteiger partial charge in [-0.05, 0) is 50.7 Å². The molecular weight excluding hydrogens is 316 g/mol. The molecule has 0 atom stereocenters. The lowest BCUT2D eigenvalue weighted by Gasteiger charge is -1.96. The van der Waals surface area contributed by atoms with Gasteiger partial charge >= 0.3 is 0 Å². The minimum absolute atomic E-state index is 0.936. The van der Waals surface area contributed by atoms with Crippen LogP contribution in [0.2, 0.25) is 0 Å². The molecule has 134 valence electrons. The Morgan fingerprint density at radius 1 is 0.692 bits per heavy atom. The van der Waals surface area contributed by atoms with Crippen molar-refractivity contribution in [3.63, 3.8) is 0 Å². The second-order valence-electron chi connectivity index (χ2n) is 6.76. The predicted molar refractivity (Wildman–Crippen MR) is 106 cm³/mol. The van der Waals surface area contributed by atoms with E-state index in [1.54, 1.807) is 0 Å². The van der Waals surface area contributed by atoms with Gasteiger partial charge in [-0.1, -0.05) is 11.8 Å². The molecule has 2 rings (SSSR count). The number of aryl methyl sites for hydroxylation is 4. The highest BCUT2D eigenvalue weighted by molar-refractivity contribution is 5.25. The standard InChI is InChI=1S/C24H30N2/c1-23-15-13-19-25(21-23)17-11-9-7-5-3-4-6-8-10-12-18-26-20-14-16-24(2)22-26/h13-16,19-22H,7-12,17-18H2,1-2H3/q+2. The lowest BCUT2D eigenvalue weighted by atomic mass is 10.2. The molecule has 0 fully saturated rings. The van der Waals surface area contributed by atoms with Crippen molar-refractivity contribution in [3.05, 3.63) is 60.2 Å². The second-order valence-corrected chi connectivity index (χ2v) is 6.76. The summed E-state index contributed by atoms with van der Waals surface area (Å²) < 4.78 is 4.50. The molecule has 26 heavy (non-hydrogen) atoms. The van der Waals surface area contributed by atoms with Crippen LogP contribution < -0.4 is 9.13 Å². The van der Waals surface area contributed by atoms with Gasteiger partial charge in [-0.25, -0.2) is 9.13 Å². The molecule has 0 aliphatic carbocycles. The van der Waals surface area contributed by atoms with E-state index in [1.807, 2.05) is 0 Å². The highest BCUT2D eigenvalue weighted by atomic mass is 14.9. The van der Waals surface area contributed by atoms with Crippen LogP contribution in [-0.4, -0.2) is 0 Å². The SMILES string of the molecule is Cc1ccc[n+](CCCCC#CC#CCCCC[n+]2cccc(C)c2)c1. The Morgan fingerprint density at radius 2 is 1.15 bits per heavy atom. The first-order chi connectivity index (χ1) is 12.7. The van der Waals surface area contributed by atoms with E-state index < -0.39 is 0 Å². The minimum Gasteiger partial charge on any atom is -0.205 e. The van der Waals surface area contributed by atoms with Crippen LogP contribution in [0.3, 0.4) is 0 Å². The molecule has 2 aromatic heterocycles. The fraction of sp³-hybridized carbons (Fsp3) is 0.417. The van der Waals surface area contributed by atoms with Gasteiger partial charge in [0.15, 0.2) is 24.8 Å². The molecule has 0 spiro atoms. The zero-order valence-electron chi connectivity index (χ0n) is 16.2. The van der Waals surface area contributed by atoms with Crippen LogP contribution in [-0.2, 0) is 13.1 Å². The molecule has 0 bridgehead atoms. The zero-order valence-corrected chi connectivity index (χ0v) is 16.2. The van der Waals surface area contributed by atoms with Gasteiger partial charge in [0.2, 0.25) is 0 Å². The third-order valence-corrected chi connectivity index (χ3v) is 4.19. The summed E-state index contributed by atoms with van der Waals surface area (Å²) in [6.07, 6.45) is 15.1. The predicted octanol–water partition coefficient (Wildman–Crippen LogP) is 3.93. The molecule has 0 aromatic carbocycles. The van der Waals surface area contributed by atoms with Crippen LogP contribution in [0.5, 0.6) is 0 Å². The van der Waals surface area contributed by atoms with E-state index in [0.717, 1.165) is 51.6 Å². The average molecular weight is 347 g/mol. The Hall–Kier alpha value is -2.58. The van der Waals surface area contributed by atoms with Crippen molar-refractivity contribution in [2.45, 2.75) is 65.5 Å². The maximum absolute atomic E-state index is 3.17.